The van der Waals surface area contributed by atoms with Crippen LogP contribution in [0.2, 0.25) is 0 Å². The Kier molecular flexibility index (Phi) is 3.38. The standard InChI is InChI=1S/C10H10FNO3/c1-3-7(2)15-10-6-8(11)4-5-9(10)12(13)14/h3-7H,1H2,2H3. The van der Waals surface area contributed by atoms with Crippen molar-refractivity contribution in [1.82, 2.24) is 0 Å². The predicted octanol–water partition coefficient (Wildman–Crippen LogP) is 2.69. The molecule has 0 radical (unpaired) electrons. The summed E-state index contributed by atoms with van der Waals surface area (Å²) in [6.07, 6.45) is 1.06. The summed E-state index contributed by atoms with van der Waals surface area (Å²) in [5.41, 5.74) is -0.259. The van der Waals surface area contributed by atoms with Gasteiger partial charge in [0.2, 0.25) is 5.75 Å². The van der Waals surface area contributed by atoms with Gasteiger partial charge in [0.05, 0.1) is 4.92 Å². The zero-order valence-corrected chi connectivity index (χ0v) is 8.14. The van der Waals surface area contributed by atoms with Gasteiger partial charge in [-0.1, -0.05) is 12.7 Å². The third-order valence-electron chi connectivity index (χ3n) is 1.76. The van der Waals surface area contributed by atoms with Gasteiger partial charge < -0.3 is 4.74 Å². The lowest BCUT2D eigenvalue weighted by Crippen LogP contribution is -2.09. The molecule has 1 aromatic rings. The van der Waals surface area contributed by atoms with Crippen molar-refractivity contribution in [3.8, 4) is 5.75 Å². The smallest absolute Gasteiger partial charge is 0.311 e. The molecule has 0 amide bonds. The van der Waals surface area contributed by atoms with Crippen LogP contribution in [0.3, 0.4) is 0 Å². The van der Waals surface area contributed by atoms with E-state index in [1.165, 1.54) is 6.08 Å². The lowest BCUT2D eigenvalue weighted by Gasteiger charge is -2.10. The van der Waals surface area contributed by atoms with Crippen molar-refractivity contribution in [2.24, 2.45) is 0 Å². The molecule has 0 heterocycles. The van der Waals surface area contributed by atoms with Gasteiger partial charge in [-0.25, -0.2) is 4.39 Å². The van der Waals surface area contributed by atoms with Gasteiger partial charge in [0.1, 0.15) is 11.9 Å². The summed E-state index contributed by atoms with van der Waals surface area (Å²) in [4.78, 5) is 9.96. The molecule has 5 heteroatoms. The first-order valence-corrected chi connectivity index (χ1v) is 4.27. The normalized spacial score (nSPS) is 11.9. The van der Waals surface area contributed by atoms with Crippen LogP contribution in [-0.4, -0.2) is 11.0 Å². The number of nitrogens with zero attached hydrogens (tertiary/aromatic N) is 1. The van der Waals surface area contributed by atoms with Gasteiger partial charge in [-0.05, 0) is 13.0 Å². The molecule has 0 N–H and O–H groups in total. The molecule has 1 unspecified atom stereocenters. The van der Waals surface area contributed by atoms with Crippen molar-refractivity contribution >= 4 is 5.69 Å². The van der Waals surface area contributed by atoms with Crippen LogP contribution in [0.5, 0.6) is 5.75 Å². The Balaban J connectivity index is 3.07. The first-order chi connectivity index (χ1) is 7.04. The quantitative estimate of drug-likeness (QED) is 0.437. The molecule has 0 saturated carbocycles. The fraction of sp³-hybridized carbons (Fsp3) is 0.200. The van der Waals surface area contributed by atoms with E-state index in [1.807, 2.05) is 0 Å². The second-order valence-electron chi connectivity index (χ2n) is 2.93. The highest BCUT2D eigenvalue weighted by molar-refractivity contribution is 5.46. The summed E-state index contributed by atoms with van der Waals surface area (Å²) in [6, 6.07) is 3.07. The number of benzene rings is 1. The molecule has 0 bridgehead atoms. The first-order valence-electron chi connectivity index (χ1n) is 4.27. The third-order valence-corrected chi connectivity index (χ3v) is 1.76. The van der Waals surface area contributed by atoms with Crippen LogP contribution >= 0.6 is 0 Å². The summed E-state index contributed by atoms with van der Waals surface area (Å²) >= 11 is 0. The van der Waals surface area contributed by atoms with E-state index >= 15 is 0 Å². The van der Waals surface area contributed by atoms with E-state index in [0.29, 0.717) is 0 Å². The Morgan fingerprint density at radius 1 is 1.67 bits per heavy atom. The zero-order chi connectivity index (χ0) is 11.4. The predicted molar refractivity (Wildman–Crippen MR) is 53.3 cm³/mol. The molecular formula is C10H10FNO3. The maximum atomic E-state index is 12.8. The first kappa shape index (κ1) is 11.2. The number of hydrogen-bond acceptors (Lipinski definition) is 3. The largest absolute Gasteiger partial charge is 0.480 e. The molecule has 0 fully saturated rings. The Morgan fingerprint density at radius 2 is 2.33 bits per heavy atom. The van der Waals surface area contributed by atoms with Crippen LogP contribution in [0, 0.1) is 15.9 Å². The van der Waals surface area contributed by atoms with Crippen LogP contribution in [0.15, 0.2) is 30.9 Å². The van der Waals surface area contributed by atoms with Gasteiger partial charge in [-0.2, -0.15) is 0 Å². The van der Waals surface area contributed by atoms with Crippen molar-refractivity contribution in [1.29, 1.82) is 0 Å². The van der Waals surface area contributed by atoms with Crippen molar-refractivity contribution in [2.75, 3.05) is 0 Å². The second-order valence-corrected chi connectivity index (χ2v) is 2.93. The highest BCUT2D eigenvalue weighted by Crippen LogP contribution is 2.28. The summed E-state index contributed by atoms with van der Waals surface area (Å²) in [5, 5.41) is 10.6. The molecule has 1 aromatic carbocycles. The lowest BCUT2D eigenvalue weighted by atomic mass is 10.3. The van der Waals surface area contributed by atoms with Crippen LogP contribution in [0.25, 0.3) is 0 Å². The highest BCUT2D eigenvalue weighted by Gasteiger charge is 2.16. The van der Waals surface area contributed by atoms with Gasteiger partial charge in [0.25, 0.3) is 0 Å². The van der Waals surface area contributed by atoms with E-state index in [-0.39, 0.29) is 11.4 Å². The maximum absolute atomic E-state index is 12.8. The average molecular weight is 211 g/mol. The monoisotopic (exact) mass is 211 g/mol. The number of halogens is 1. The molecule has 1 atom stereocenters. The highest BCUT2D eigenvalue weighted by atomic mass is 19.1. The summed E-state index contributed by atoms with van der Waals surface area (Å²) < 4.78 is 18.0. The minimum Gasteiger partial charge on any atom is -0.480 e. The van der Waals surface area contributed by atoms with Crippen LogP contribution in [0.4, 0.5) is 10.1 Å². The third kappa shape index (κ3) is 2.77. The van der Waals surface area contributed by atoms with Crippen molar-refractivity contribution in [3.05, 3.63) is 46.8 Å². The van der Waals surface area contributed by atoms with Gasteiger partial charge in [0.15, 0.2) is 0 Å². The van der Waals surface area contributed by atoms with E-state index < -0.39 is 16.8 Å². The number of nitro benzene ring substituents is 1. The van der Waals surface area contributed by atoms with E-state index in [4.69, 9.17) is 4.74 Å². The maximum Gasteiger partial charge on any atom is 0.311 e. The summed E-state index contributed by atoms with van der Waals surface area (Å²) in [5.74, 6) is -0.667. The van der Waals surface area contributed by atoms with E-state index in [2.05, 4.69) is 6.58 Å². The fourth-order valence-electron chi connectivity index (χ4n) is 0.982. The minimum absolute atomic E-state index is 0.0904. The average Bonchev–Trinajstić information content (AvgIpc) is 2.17. The van der Waals surface area contributed by atoms with Gasteiger partial charge in [-0.3, -0.25) is 10.1 Å². The molecule has 0 aliphatic rings. The van der Waals surface area contributed by atoms with E-state index in [0.717, 1.165) is 18.2 Å². The topological polar surface area (TPSA) is 52.4 Å². The van der Waals surface area contributed by atoms with Crippen molar-refractivity contribution < 1.29 is 14.1 Å². The van der Waals surface area contributed by atoms with Crippen LogP contribution in [-0.2, 0) is 0 Å². The summed E-state index contributed by atoms with van der Waals surface area (Å²) in [7, 11) is 0. The number of hydrogen-bond donors (Lipinski definition) is 0. The van der Waals surface area contributed by atoms with E-state index in [1.54, 1.807) is 6.92 Å². The number of rotatable bonds is 4. The fourth-order valence-corrected chi connectivity index (χ4v) is 0.982. The molecule has 0 aliphatic heterocycles. The molecule has 0 spiro atoms. The Morgan fingerprint density at radius 3 is 2.87 bits per heavy atom. The molecule has 0 aliphatic carbocycles. The Bertz CT molecular complexity index is 392. The second kappa shape index (κ2) is 4.54. The number of nitro groups is 1. The van der Waals surface area contributed by atoms with Gasteiger partial charge in [0, 0.05) is 12.1 Å². The number of ether oxygens (including phenoxy) is 1. The molecule has 0 saturated heterocycles. The van der Waals surface area contributed by atoms with Crippen LogP contribution < -0.4 is 4.74 Å². The molecule has 0 aromatic heterocycles. The Hall–Kier alpha value is -1.91. The molecule has 1 rings (SSSR count). The minimum atomic E-state index is -0.620. The molecule has 15 heavy (non-hydrogen) atoms. The van der Waals surface area contributed by atoms with Gasteiger partial charge >= 0.3 is 5.69 Å². The van der Waals surface area contributed by atoms with Crippen molar-refractivity contribution in [2.45, 2.75) is 13.0 Å². The summed E-state index contributed by atoms with van der Waals surface area (Å²) in [6.45, 7) is 5.12. The zero-order valence-electron chi connectivity index (χ0n) is 8.14. The Labute approximate surface area is 86.1 Å². The lowest BCUT2D eigenvalue weighted by molar-refractivity contribution is -0.386. The van der Waals surface area contributed by atoms with Crippen LogP contribution in [0.1, 0.15) is 6.92 Å². The van der Waals surface area contributed by atoms with E-state index in [9.17, 15) is 14.5 Å². The molecule has 80 valence electrons. The van der Waals surface area contributed by atoms with Crippen molar-refractivity contribution in [3.63, 3.8) is 0 Å². The molecule has 4 nitrogen and oxygen atoms in total. The SMILES string of the molecule is C=CC(C)Oc1cc(F)ccc1[N+](=O)[O-]. The molecular weight excluding hydrogens is 201 g/mol. The van der Waals surface area contributed by atoms with Gasteiger partial charge in [-0.15, -0.1) is 0 Å².